The number of rotatable bonds is 5. The van der Waals surface area contributed by atoms with Crippen LogP contribution in [-0.2, 0) is 4.79 Å². The molecule has 0 saturated carbocycles. The number of hydrogen-bond acceptors (Lipinski definition) is 5. The van der Waals surface area contributed by atoms with Crippen LogP contribution in [0.5, 0.6) is 0 Å². The summed E-state index contributed by atoms with van der Waals surface area (Å²) in [5.74, 6) is 0.441. The topological polar surface area (TPSA) is 64.3 Å². The van der Waals surface area contributed by atoms with E-state index in [9.17, 15) is 9.90 Å². The number of likely N-dealkylation sites (N-methyl/N-ethyl adjacent to an activating group) is 1. The minimum Gasteiger partial charge on any atom is -0.388 e. The molecule has 1 aromatic heterocycles. The maximum absolute atomic E-state index is 13.7. The lowest BCUT2D eigenvalue weighted by molar-refractivity contribution is -0.142. The summed E-state index contributed by atoms with van der Waals surface area (Å²) in [7, 11) is 2.14. The van der Waals surface area contributed by atoms with Gasteiger partial charge in [0.15, 0.2) is 0 Å². The fourth-order valence-corrected chi connectivity index (χ4v) is 6.50. The SMILES string of the molecule is CN1CC[C@@H](C(=O)N2CCC(O)(CN3C=c4ccn(-c5ccc(Cl)cc5)c4=NC3)CC2)[C@H](c2ccccc2)C1. The number of carbonyl (C=O) groups is 1. The number of fused-ring (bicyclic) bond motifs is 1. The number of piperidine rings is 2. The van der Waals surface area contributed by atoms with Gasteiger partial charge in [0.1, 0.15) is 12.2 Å². The first kappa shape index (κ1) is 26.1. The average molecular weight is 546 g/mol. The van der Waals surface area contributed by atoms with Crippen molar-refractivity contribution in [2.75, 3.05) is 46.4 Å². The van der Waals surface area contributed by atoms with E-state index in [0.717, 1.165) is 35.9 Å². The molecule has 0 spiro atoms. The normalized spacial score (nSPS) is 23.1. The van der Waals surface area contributed by atoms with Crippen molar-refractivity contribution in [2.45, 2.75) is 30.8 Å². The Labute approximate surface area is 234 Å². The van der Waals surface area contributed by atoms with Crippen molar-refractivity contribution in [1.82, 2.24) is 19.3 Å². The molecule has 204 valence electrons. The summed E-state index contributed by atoms with van der Waals surface area (Å²) in [4.78, 5) is 24.9. The van der Waals surface area contributed by atoms with Gasteiger partial charge in [0.2, 0.25) is 5.91 Å². The molecule has 7 nitrogen and oxygen atoms in total. The van der Waals surface area contributed by atoms with Crippen LogP contribution in [0.15, 0.2) is 71.9 Å². The zero-order valence-electron chi connectivity index (χ0n) is 22.4. The Morgan fingerprint density at radius 3 is 2.54 bits per heavy atom. The molecule has 2 aromatic carbocycles. The number of aliphatic hydroxyl groups is 1. The van der Waals surface area contributed by atoms with Gasteiger partial charge in [-0.2, -0.15) is 0 Å². The lowest BCUT2D eigenvalue weighted by atomic mass is 9.79. The van der Waals surface area contributed by atoms with Crippen molar-refractivity contribution in [3.05, 3.63) is 88.2 Å². The van der Waals surface area contributed by atoms with Crippen LogP contribution in [0.2, 0.25) is 5.02 Å². The zero-order chi connectivity index (χ0) is 27.0. The highest BCUT2D eigenvalue weighted by Gasteiger charge is 2.40. The van der Waals surface area contributed by atoms with E-state index >= 15 is 0 Å². The number of nitrogens with zero attached hydrogens (tertiary/aromatic N) is 5. The molecule has 8 heteroatoms. The molecular weight excluding hydrogens is 510 g/mol. The summed E-state index contributed by atoms with van der Waals surface area (Å²) in [5.41, 5.74) is 2.32. The van der Waals surface area contributed by atoms with Crippen molar-refractivity contribution in [3.8, 4) is 5.69 Å². The van der Waals surface area contributed by atoms with Gasteiger partial charge in [-0.05, 0) is 68.8 Å². The predicted octanol–water partition coefficient (Wildman–Crippen LogP) is 2.85. The van der Waals surface area contributed by atoms with Crippen molar-refractivity contribution in [2.24, 2.45) is 10.9 Å². The van der Waals surface area contributed by atoms with Gasteiger partial charge in [-0.15, -0.1) is 0 Å². The first-order valence-corrected chi connectivity index (χ1v) is 14.2. The van der Waals surface area contributed by atoms with E-state index < -0.39 is 5.60 Å². The first-order valence-electron chi connectivity index (χ1n) is 13.9. The quantitative estimate of drug-likeness (QED) is 0.535. The summed E-state index contributed by atoms with van der Waals surface area (Å²) in [6.07, 6.45) is 6.13. The monoisotopic (exact) mass is 545 g/mol. The first-order chi connectivity index (χ1) is 18.9. The Morgan fingerprint density at radius 1 is 1.05 bits per heavy atom. The lowest BCUT2D eigenvalue weighted by Gasteiger charge is -2.43. The van der Waals surface area contributed by atoms with Crippen LogP contribution in [0.1, 0.15) is 30.7 Å². The minimum atomic E-state index is -0.843. The number of carbonyl (C=O) groups excluding carboxylic acids is 1. The smallest absolute Gasteiger partial charge is 0.226 e. The van der Waals surface area contributed by atoms with Gasteiger partial charge in [0, 0.05) is 66.3 Å². The van der Waals surface area contributed by atoms with Crippen molar-refractivity contribution >= 4 is 23.7 Å². The summed E-state index contributed by atoms with van der Waals surface area (Å²) in [6, 6.07) is 20.2. The number of amides is 1. The number of benzene rings is 2. The molecular formula is C31H36ClN5O2. The Kier molecular flexibility index (Phi) is 7.23. The summed E-state index contributed by atoms with van der Waals surface area (Å²) < 4.78 is 2.06. The fourth-order valence-electron chi connectivity index (χ4n) is 6.37. The number of halogens is 1. The third-order valence-electron chi connectivity index (χ3n) is 8.58. The van der Waals surface area contributed by atoms with Crippen LogP contribution in [0.25, 0.3) is 11.9 Å². The number of β-amino-alcohol motifs (C(OH)–C–C–N with tert-alkyl or cyclic N) is 1. The Bertz CT molecular complexity index is 1430. The minimum absolute atomic E-state index is 0.00730. The van der Waals surface area contributed by atoms with Crippen molar-refractivity contribution < 1.29 is 9.90 Å². The molecule has 3 aromatic rings. The van der Waals surface area contributed by atoms with Crippen molar-refractivity contribution in [1.29, 1.82) is 0 Å². The van der Waals surface area contributed by atoms with Gasteiger partial charge < -0.3 is 24.4 Å². The van der Waals surface area contributed by atoms with Crippen LogP contribution in [-0.4, -0.2) is 82.3 Å². The van der Waals surface area contributed by atoms with E-state index in [-0.39, 0.29) is 17.7 Å². The molecule has 0 bridgehead atoms. The van der Waals surface area contributed by atoms with E-state index in [1.807, 2.05) is 41.4 Å². The van der Waals surface area contributed by atoms with Gasteiger partial charge in [-0.25, -0.2) is 4.99 Å². The van der Waals surface area contributed by atoms with Gasteiger partial charge in [-0.1, -0.05) is 41.9 Å². The van der Waals surface area contributed by atoms with Crippen LogP contribution < -0.4 is 10.7 Å². The van der Waals surface area contributed by atoms with Gasteiger partial charge >= 0.3 is 0 Å². The average Bonchev–Trinajstić information content (AvgIpc) is 3.37. The highest BCUT2D eigenvalue weighted by Crippen LogP contribution is 2.35. The van der Waals surface area contributed by atoms with E-state index in [0.29, 0.717) is 44.2 Å². The second kappa shape index (κ2) is 10.8. The molecule has 0 unspecified atom stereocenters. The van der Waals surface area contributed by atoms with Crippen LogP contribution in [0.3, 0.4) is 0 Å². The second-order valence-corrected chi connectivity index (χ2v) is 11.8. The van der Waals surface area contributed by atoms with Gasteiger partial charge in [-0.3, -0.25) is 4.79 Å². The highest BCUT2D eigenvalue weighted by molar-refractivity contribution is 6.30. The molecule has 2 fully saturated rings. The molecule has 2 atom stereocenters. The van der Waals surface area contributed by atoms with Crippen molar-refractivity contribution in [3.63, 3.8) is 0 Å². The van der Waals surface area contributed by atoms with Gasteiger partial charge in [0.05, 0.1) is 5.60 Å². The second-order valence-electron chi connectivity index (χ2n) is 11.3. The molecule has 3 aliphatic heterocycles. The molecule has 0 aliphatic carbocycles. The van der Waals surface area contributed by atoms with E-state index in [4.69, 9.17) is 16.6 Å². The third-order valence-corrected chi connectivity index (χ3v) is 8.83. The molecule has 3 aliphatic rings. The van der Waals surface area contributed by atoms with E-state index in [1.165, 1.54) is 5.56 Å². The summed E-state index contributed by atoms with van der Waals surface area (Å²) in [5, 5.41) is 13.2. The van der Waals surface area contributed by atoms with Gasteiger partial charge in [0.25, 0.3) is 0 Å². The molecule has 0 radical (unpaired) electrons. The predicted molar refractivity (Wildman–Crippen MR) is 153 cm³/mol. The lowest BCUT2D eigenvalue weighted by Crippen LogP contribution is -2.54. The molecule has 6 rings (SSSR count). The molecule has 4 heterocycles. The molecule has 39 heavy (non-hydrogen) atoms. The molecule has 1 N–H and O–H groups in total. The highest BCUT2D eigenvalue weighted by atomic mass is 35.5. The Morgan fingerprint density at radius 2 is 1.79 bits per heavy atom. The van der Waals surface area contributed by atoms with Crippen LogP contribution in [0.4, 0.5) is 0 Å². The molecule has 2 saturated heterocycles. The number of hydrogen-bond donors (Lipinski definition) is 1. The zero-order valence-corrected chi connectivity index (χ0v) is 23.2. The number of likely N-dealkylation sites (tertiary alicyclic amines) is 2. The maximum Gasteiger partial charge on any atom is 0.226 e. The molecule has 1 amide bonds. The standard InChI is InChI=1S/C31H36ClN5O2/c1-34-15-12-27(28(20-34)23-5-3-2-4-6-23)30(38)36-17-13-31(39,14-18-36)21-35-19-24-11-16-37(29(24)33-22-35)26-9-7-25(32)8-10-26/h2-11,16,19,27-28,39H,12-15,17-18,20-22H2,1H3/t27-,28+/m1/s1. The summed E-state index contributed by atoms with van der Waals surface area (Å²) in [6.45, 7) is 4.01. The van der Waals surface area contributed by atoms with E-state index in [2.05, 4.69) is 57.9 Å². The van der Waals surface area contributed by atoms with E-state index in [1.54, 1.807) is 0 Å². The maximum atomic E-state index is 13.7. The number of aromatic nitrogens is 1. The Hall–Kier alpha value is -3.13. The van der Waals surface area contributed by atoms with Crippen LogP contribution >= 0.6 is 11.6 Å². The largest absolute Gasteiger partial charge is 0.388 e. The van der Waals surface area contributed by atoms with Crippen LogP contribution in [0, 0.1) is 5.92 Å². The summed E-state index contributed by atoms with van der Waals surface area (Å²) >= 11 is 6.05. The Balaban J connectivity index is 1.10. The third kappa shape index (κ3) is 5.49. The fraction of sp³-hybridized carbons (Fsp3) is 0.419.